The number of anilines is 1. The Kier molecular flexibility index (Phi) is 5.25. The van der Waals surface area contributed by atoms with Gasteiger partial charge in [-0.05, 0) is 44.0 Å². The van der Waals surface area contributed by atoms with E-state index in [0.717, 1.165) is 4.88 Å². The first-order chi connectivity index (χ1) is 12.7. The van der Waals surface area contributed by atoms with Gasteiger partial charge in [0, 0.05) is 16.8 Å². The molecule has 2 aromatic heterocycles. The number of hydrogen-bond acceptors (Lipinski definition) is 6. The van der Waals surface area contributed by atoms with Crippen LogP contribution >= 0.6 is 11.3 Å². The Morgan fingerprint density at radius 2 is 1.96 bits per heavy atom. The highest BCUT2D eigenvalue weighted by Crippen LogP contribution is 2.30. The number of esters is 1. The number of rotatable bonds is 6. The Morgan fingerprint density at radius 3 is 2.56 bits per heavy atom. The molecular weight excluding hydrogens is 386 g/mol. The second-order valence-corrected chi connectivity index (χ2v) is 9.17. The van der Waals surface area contributed by atoms with Gasteiger partial charge in [-0.2, -0.15) is 8.42 Å². The minimum absolute atomic E-state index is 0.0461. The van der Waals surface area contributed by atoms with Gasteiger partial charge in [-0.15, -0.1) is 11.3 Å². The summed E-state index contributed by atoms with van der Waals surface area (Å²) in [6, 6.07) is 6.13. The number of carbonyl (C=O) groups excluding carboxylic acids is 1. The van der Waals surface area contributed by atoms with Crippen molar-refractivity contribution >= 4 is 38.0 Å². The van der Waals surface area contributed by atoms with Gasteiger partial charge in [-0.3, -0.25) is 9.12 Å². The van der Waals surface area contributed by atoms with Gasteiger partial charge >= 0.3 is 5.97 Å². The van der Waals surface area contributed by atoms with Gasteiger partial charge in [0.25, 0.3) is 10.0 Å². The van der Waals surface area contributed by atoms with Crippen molar-refractivity contribution in [3.05, 3.63) is 46.6 Å². The normalized spacial score (nSPS) is 11.9. The molecule has 9 heteroatoms. The molecule has 0 saturated carbocycles. The lowest BCUT2D eigenvalue weighted by molar-refractivity contribution is 0.0526. The molecule has 0 amide bonds. The number of thiazole rings is 1. The van der Waals surface area contributed by atoms with Gasteiger partial charge in [0.2, 0.25) is 0 Å². The molecule has 0 aliphatic heterocycles. The number of aromatic nitrogens is 2. The quantitative estimate of drug-likeness (QED) is 0.628. The van der Waals surface area contributed by atoms with Crippen LogP contribution in [0.2, 0.25) is 0 Å². The van der Waals surface area contributed by atoms with Crippen molar-refractivity contribution in [2.24, 2.45) is 0 Å². The first-order valence-electron chi connectivity index (χ1n) is 8.51. The van der Waals surface area contributed by atoms with E-state index >= 15 is 0 Å². The average molecular weight is 408 g/mol. The molecule has 3 aromatic rings. The zero-order valence-electron chi connectivity index (χ0n) is 15.5. The summed E-state index contributed by atoms with van der Waals surface area (Å²) in [6.45, 7) is 7.73. The fraction of sp³-hybridized carbons (Fsp3) is 0.333. The second kappa shape index (κ2) is 7.32. The lowest BCUT2D eigenvalue weighted by Gasteiger charge is -2.11. The molecular formula is C18H21N3O4S2. The molecule has 0 atom stereocenters. The van der Waals surface area contributed by atoms with Gasteiger partial charge in [0.15, 0.2) is 9.99 Å². The molecule has 1 N–H and O–H groups in total. The molecule has 144 valence electrons. The fourth-order valence-corrected chi connectivity index (χ4v) is 5.08. The summed E-state index contributed by atoms with van der Waals surface area (Å²) in [4.78, 5) is 17.8. The number of sulfonamides is 1. The highest BCUT2D eigenvalue weighted by Gasteiger charge is 2.28. The fourth-order valence-electron chi connectivity index (χ4n) is 2.69. The van der Waals surface area contributed by atoms with Crippen LogP contribution in [0.5, 0.6) is 0 Å². The number of hydrogen-bond donors (Lipinski definition) is 1. The van der Waals surface area contributed by atoms with Crippen LogP contribution in [0.4, 0.5) is 5.69 Å². The zero-order chi connectivity index (χ0) is 19.8. The minimum atomic E-state index is -3.86. The number of fused-ring (bicyclic) bond motifs is 1. The lowest BCUT2D eigenvalue weighted by Crippen LogP contribution is -2.17. The van der Waals surface area contributed by atoms with Crippen molar-refractivity contribution in [2.75, 3.05) is 11.3 Å². The smallest absolute Gasteiger partial charge is 0.338 e. The Hall–Kier alpha value is -2.39. The maximum atomic E-state index is 13.1. The number of ether oxygens (including phenoxy) is 1. The Balaban J connectivity index is 1.96. The number of imidazole rings is 1. The third-order valence-corrected chi connectivity index (χ3v) is 6.19. The third kappa shape index (κ3) is 3.84. The molecule has 2 heterocycles. The Labute approximate surface area is 162 Å². The molecule has 0 saturated heterocycles. The van der Waals surface area contributed by atoms with Crippen molar-refractivity contribution in [3.63, 3.8) is 0 Å². The Morgan fingerprint density at radius 1 is 1.30 bits per heavy atom. The van der Waals surface area contributed by atoms with Crippen molar-refractivity contribution in [2.45, 2.75) is 38.6 Å². The highest BCUT2D eigenvalue weighted by molar-refractivity contribution is 7.92. The van der Waals surface area contributed by atoms with Crippen LogP contribution in [0.25, 0.3) is 4.96 Å². The summed E-state index contributed by atoms with van der Waals surface area (Å²) in [7, 11) is -3.86. The van der Waals surface area contributed by atoms with E-state index in [0.29, 0.717) is 21.9 Å². The molecule has 3 rings (SSSR count). The number of carbonyl (C=O) groups is 1. The molecule has 7 nitrogen and oxygen atoms in total. The molecule has 0 aliphatic carbocycles. The van der Waals surface area contributed by atoms with Crippen molar-refractivity contribution < 1.29 is 17.9 Å². The van der Waals surface area contributed by atoms with E-state index in [2.05, 4.69) is 9.71 Å². The summed E-state index contributed by atoms with van der Waals surface area (Å²) >= 11 is 1.44. The predicted octanol–water partition coefficient (Wildman–Crippen LogP) is 3.81. The van der Waals surface area contributed by atoms with Gasteiger partial charge in [0.1, 0.15) is 0 Å². The van der Waals surface area contributed by atoms with Gasteiger partial charge in [-0.25, -0.2) is 9.78 Å². The van der Waals surface area contributed by atoms with E-state index in [1.165, 1.54) is 35.6 Å². The van der Waals surface area contributed by atoms with Crippen LogP contribution in [0, 0.1) is 6.92 Å². The lowest BCUT2D eigenvalue weighted by atomic mass is 10.2. The summed E-state index contributed by atoms with van der Waals surface area (Å²) in [6.07, 6.45) is 1.78. The molecule has 0 spiro atoms. The van der Waals surface area contributed by atoms with Gasteiger partial charge < -0.3 is 4.74 Å². The molecule has 0 fully saturated rings. The number of nitrogens with zero attached hydrogens (tertiary/aromatic N) is 2. The summed E-state index contributed by atoms with van der Waals surface area (Å²) in [5.41, 5.74) is 1.25. The van der Waals surface area contributed by atoms with Crippen molar-refractivity contribution in [1.82, 2.24) is 9.38 Å². The van der Waals surface area contributed by atoms with Crippen molar-refractivity contribution in [1.29, 1.82) is 0 Å². The van der Waals surface area contributed by atoms with E-state index in [-0.39, 0.29) is 17.6 Å². The number of aryl methyl sites for hydroxylation is 1. The topological polar surface area (TPSA) is 89.8 Å². The van der Waals surface area contributed by atoms with Crippen LogP contribution in [0.3, 0.4) is 0 Å². The first-order valence-corrected chi connectivity index (χ1v) is 10.8. The zero-order valence-corrected chi connectivity index (χ0v) is 17.1. The molecule has 27 heavy (non-hydrogen) atoms. The van der Waals surface area contributed by atoms with Crippen LogP contribution < -0.4 is 4.72 Å². The van der Waals surface area contributed by atoms with Crippen LogP contribution in [0.1, 0.15) is 47.6 Å². The summed E-state index contributed by atoms with van der Waals surface area (Å²) in [5.74, 6) is -0.490. The Bertz CT molecular complexity index is 1080. The molecule has 0 bridgehead atoms. The molecule has 0 aliphatic rings. The minimum Gasteiger partial charge on any atom is -0.462 e. The average Bonchev–Trinajstić information content (AvgIpc) is 3.11. The standard InChI is InChI=1S/C18H21N3O4S2/c1-5-25-17(22)13-6-8-14(9-7-13)20-27(23,24)16-15(11(2)3)19-18-21(16)10-12(4)26-18/h6-11,20H,5H2,1-4H3. The van der Waals surface area contributed by atoms with E-state index in [1.807, 2.05) is 20.8 Å². The predicted molar refractivity (Wildman–Crippen MR) is 105 cm³/mol. The highest BCUT2D eigenvalue weighted by atomic mass is 32.2. The van der Waals surface area contributed by atoms with Crippen molar-refractivity contribution in [3.8, 4) is 0 Å². The van der Waals surface area contributed by atoms with Crippen LogP contribution in [-0.4, -0.2) is 30.4 Å². The van der Waals surface area contributed by atoms with E-state index in [9.17, 15) is 13.2 Å². The molecule has 0 unspecified atom stereocenters. The maximum absolute atomic E-state index is 13.1. The van der Waals surface area contributed by atoms with Gasteiger partial charge in [-0.1, -0.05) is 13.8 Å². The third-order valence-electron chi connectivity index (χ3n) is 3.87. The largest absolute Gasteiger partial charge is 0.462 e. The van der Waals surface area contributed by atoms with E-state index in [1.54, 1.807) is 17.5 Å². The van der Waals surface area contributed by atoms with E-state index in [4.69, 9.17) is 4.74 Å². The number of benzene rings is 1. The summed E-state index contributed by atoms with van der Waals surface area (Å²) < 4.78 is 35.3. The maximum Gasteiger partial charge on any atom is 0.338 e. The number of nitrogens with one attached hydrogen (secondary N) is 1. The summed E-state index contributed by atoms with van der Waals surface area (Å²) in [5, 5.41) is 0.145. The van der Waals surface area contributed by atoms with Crippen LogP contribution in [0.15, 0.2) is 35.5 Å². The van der Waals surface area contributed by atoms with Gasteiger partial charge in [0.05, 0.1) is 17.9 Å². The SMILES string of the molecule is CCOC(=O)c1ccc(NS(=O)(=O)c2c(C(C)C)nc3sc(C)cn23)cc1. The molecule has 0 radical (unpaired) electrons. The monoisotopic (exact) mass is 407 g/mol. The second-order valence-electron chi connectivity index (χ2n) is 6.35. The first kappa shape index (κ1) is 19.4. The van der Waals surface area contributed by atoms with E-state index < -0.39 is 16.0 Å². The van der Waals surface area contributed by atoms with Crippen LogP contribution in [-0.2, 0) is 14.8 Å². The molecule has 1 aromatic carbocycles.